The summed E-state index contributed by atoms with van der Waals surface area (Å²) in [7, 11) is 0. The van der Waals surface area contributed by atoms with Gasteiger partial charge in [-0.3, -0.25) is 4.90 Å². The van der Waals surface area contributed by atoms with Gasteiger partial charge in [0.05, 0.1) is 36.0 Å². The largest absolute Gasteiger partial charge is 0.475 e. The van der Waals surface area contributed by atoms with E-state index in [0.717, 1.165) is 45.0 Å². The van der Waals surface area contributed by atoms with E-state index in [9.17, 15) is 18.0 Å². The van der Waals surface area contributed by atoms with Crippen LogP contribution in [0, 0.1) is 0 Å². The summed E-state index contributed by atoms with van der Waals surface area (Å²) in [6.45, 7) is 4.51. The first-order valence-corrected chi connectivity index (χ1v) is 12.5. The van der Waals surface area contributed by atoms with Crippen molar-refractivity contribution in [3.05, 3.63) is 78.5 Å². The number of ether oxygens (including phenoxy) is 3. The highest BCUT2D eigenvalue weighted by atomic mass is 19.4. The van der Waals surface area contributed by atoms with Gasteiger partial charge in [-0.05, 0) is 54.6 Å². The summed E-state index contributed by atoms with van der Waals surface area (Å²) in [6.07, 6.45) is -2.90. The zero-order chi connectivity index (χ0) is 28.0. The van der Waals surface area contributed by atoms with E-state index in [4.69, 9.17) is 14.2 Å². The highest BCUT2D eigenvalue weighted by molar-refractivity contribution is 5.99. The van der Waals surface area contributed by atoms with Crippen molar-refractivity contribution in [2.75, 3.05) is 50.1 Å². The zero-order valence-corrected chi connectivity index (χ0v) is 21.3. The van der Waals surface area contributed by atoms with E-state index in [1.54, 1.807) is 48.7 Å². The second kappa shape index (κ2) is 12.2. The molecule has 4 aromatic rings. The molecule has 2 N–H and O–H groups in total. The summed E-state index contributed by atoms with van der Waals surface area (Å²) in [5.41, 5.74) is 0.918. The Hall–Kier alpha value is -4.42. The van der Waals surface area contributed by atoms with E-state index >= 15 is 0 Å². The van der Waals surface area contributed by atoms with Crippen LogP contribution in [-0.4, -0.2) is 60.4 Å². The van der Waals surface area contributed by atoms with Crippen molar-refractivity contribution >= 4 is 28.4 Å². The number of hydrogen-bond donors (Lipinski definition) is 2. The van der Waals surface area contributed by atoms with Gasteiger partial charge >= 0.3 is 12.2 Å². The van der Waals surface area contributed by atoms with Gasteiger partial charge in [0, 0.05) is 37.1 Å². The molecule has 0 spiro atoms. The maximum atomic E-state index is 12.9. The molecule has 0 saturated carbocycles. The molecule has 0 bridgehead atoms. The Balaban J connectivity index is 1.16. The minimum atomic E-state index is -4.50. The average Bonchev–Trinajstić information content (AvgIpc) is 2.94. The van der Waals surface area contributed by atoms with E-state index in [1.807, 2.05) is 0 Å². The third kappa shape index (κ3) is 7.36. The molecule has 0 atom stereocenters. The van der Waals surface area contributed by atoms with Gasteiger partial charge in [0.2, 0.25) is 5.88 Å². The maximum absolute atomic E-state index is 12.9. The quantitative estimate of drug-likeness (QED) is 0.285. The third-order valence-electron chi connectivity index (χ3n) is 6.05. The first kappa shape index (κ1) is 27.2. The molecule has 2 amide bonds. The predicted molar refractivity (Wildman–Crippen MR) is 143 cm³/mol. The summed E-state index contributed by atoms with van der Waals surface area (Å²) < 4.78 is 55.7. The van der Waals surface area contributed by atoms with Crippen LogP contribution in [0.4, 0.5) is 29.3 Å². The predicted octanol–water partition coefficient (Wildman–Crippen LogP) is 5.80. The van der Waals surface area contributed by atoms with Crippen molar-refractivity contribution in [3.63, 3.8) is 0 Å². The lowest BCUT2D eigenvalue weighted by Crippen LogP contribution is -2.38. The van der Waals surface area contributed by atoms with Crippen LogP contribution >= 0.6 is 0 Å². The van der Waals surface area contributed by atoms with Crippen LogP contribution in [0.15, 0.2) is 72.9 Å². The van der Waals surface area contributed by atoms with Crippen LogP contribution in [-0.2, 0) is 10.9 Å². The molecule has 208 valence electrons. The Kier molecular flexibility index (Phi) is 8.27. The normalized spacial score (nSPS) is 14.1. The first-order valence-electron chi connectivity index (χ1n) is 12.5. The number of fused-ring (bicyclic) bond motifs is 1. The van der Waals surface area contributed by atoms with Gasteiger partial charge in [-0.1, -0.05) is 6.07 Å². The minimum Gasteiger partial charge on any atom is -0.475 e. The highest BCUT2D eigenvalue weighted by Crippen LogP contribution is 2.31. The summed E-state index contributed by atoms with van der Waals surface area (Å²) in [5, 5.41) is 4.98. The lowest BCUT2D eigenvalue weighted by molar-refractivity contribution is -0.137. The van der Waals surface area contributed by atoms with Crippen molar-refractivity contribution in [2.45, 2.75) is 6.18 Å². The fraction of sp³-hybridized carbons (Fsp3) is 0.250. The van der Waals surface area contributed by atoms with Gasteiger partial charge in [0.15, 0.2) is 0 Å². The Morgan fingerprint density at radius 2 is 1.68 bits per heavy atom. The van der Waals surface area contributed by atoms with Crippen molar-refractivity contribution < 1.29 is 32.2 Å². The van der Waals surface area contributed by atoms with Crippen LogP contribution in [0.25, 0.3) is 11.0 Å². The van der Waals surface area contributed by atoms with Gasteiger partial charge in [-0.25, -0.2) is 14.8 Å². The number of carbonyl (C=O) groups excluding carboxylic acids is 1. The SMILES string of the molecule is O=C(Nc1ccc(Oc2ccc3ncc(OCCN4CCOCC4)nc3c2)cc1)Nc1cccc(C(F)(F)F)c1. The molecular formula is C28H26F3N5O4. The Morgan fingerprint density at radius 3 is 2.45 bits per heavy atom. The first-order chi connectivity index (χ1) is 19.3. The van der Waals surface area contributed by atoms with Crippen LogP contribution in [0.1, 0.15) is 5.56 Å². The summed E-state index contributed by atoms with van der Waals surface area (Å²) in [4.78, 5) is 23.5. The number of nitrogens with one attached hydrogen (secondary N) is 2. The molecule has 1 aromatic heterocycles. The third-order valence-corrected chi connectivity index (χ3v) is 6.05. The highest BCUT2D eigenvalue weighted by Gasteiger charge is 2.30. The van der Waals surface area contributed by atoms with E-state index in [1.165, 1.54) is 12.1 Å². The van der Waals surface area contributed by atoms with Gasteiger partial charge < -0.3 is 24.8 Å². The molecule has 5 rings (SSSR count). The van der Waals surface area contributed by atoms with E-state index in [0.29, 0.717) is 40.7 Å². The number of amides is 2. The molecule has 2 heterocycles. The second-order valence-electron chi connectivity index (χ2n) is 8.95. The van der Waals surface area contributed by atoms with Gasteiger partial charge in [0.25, 0.3) is 0 Å². The van der Waals surface area contributed by atoms with E-state index in [-0.39, 0.29) is 5.69 Å². The number of alkyl halides is 3. The number of rotatable bonds is 8. The molecule has 1 saturated heterocycles. The number of benzene rings is 3. The number of urea groups is 1. The molecule has 3 aromatic carbocycles. The molecule has 9 nitrogen and oxygen atoms in total. The van der Waals surface area contributed by atoms with Crippen LogP contribution in [0.3, 0.4) is 0 Å². The van der Waals surface area contributed by atoms with Crippen molar-refractivity contribution in [3.8, 4) is 17.4 Å². The number of anilines is 2. The molecule has 0 unspecified atom stereocenters. The number of hydrogen-bond acceptors (Lipinski definition) is 7. The molecule has 1 aliphatic heterocycles. The van der Waals surface area contributed by atoms with Crippen LogP contribution < -0.4 is 20.1 Å². The molecule has 1 aliphatic rings. The van der Waals surface area contributed by atoms with Gasteiger partial charge in [-0.2, -0.15) is 13.2 Å². The smallest absolute Gasteiger partial charge is 0.416 e. The molecule has 0 aliphatic carbocycles. The monoisotopic (exact) mass is 553 g/mol. The summed E-state index contributed by atoms with van der Waals surface area (Å²) >= 11 is 0. The molecule has 0 radical (unpaired) electrons. The van der Waals surface area contributed by atoms with E-state index < -0.39 is 17.8 Å². The lowest BCUT2D eigenvalue weighted by Gasteiger charge is -2.26. The van der Waals surface area contributed by atoms with Gasteiger partial charge in [-0.15, -0.1) is 0 Å². The van der Waals surface area contributed by atoms with E-state index in [2.05, 4.69) is 25.5 Å². The molecule has 1 fully saturated rings. The Morgan fingerprint density at radius 1 is 0.925 bits per heavy atom. The topological polar surface area (TPSA) is 97.8 Å². The average molecular weight is 554 g/mol. The standard InChI is InChI=1S/C28H26F3N5O4/c29-28(30,31)19-2-1-3-21(16-19)34-27(37)33-20-4-6-22(7-5-20)40-23-8-9-24-25(17-23)35-26(18-32-24)39-15-12-36-10-13-38-14-11-36/h1-9,16-18H,10-15H2,(H2,33,34,37). The number of aromatic nitrogens is 2. The number of carbonyl (C=O) groups is 1. The fourth-order valence-electron chi connectivity index (χ4n) is 4.02. The van der Waals surface area contributed by atoms with Crippen LogP contribution in [0.5, 0.6) is 17.4 Å². The minimum absolute atomic E-state index is 0.0253. The number of nitrogens with zero attached hydrogens (tertiary/aromatic N) is 3. The molecule has 12 heteroatoms. The zero-order valence-electron chi connectivity index (χ0n) is 21.3. The van der Waals surface area contributed by atoms with Crippen molar-refractivity contribution in [2.24, 2.45) is 0 Å². The second-order valence-corrected chi connectivity index (χ2v) is 8.95. The van der Waals surface area contributed by atoms with Crippen molar-refractivity contribution in [1.29, 1.82) is 0 Å². The van der Waals surface area contributed by atoms with Gasteiger partial charge in [0.1, 0.15) is 18.1 Å². The Labute approximate surface area is 227 Å². The van der Waals surface area contributed by atoms with Crippen LogP contribution in [0.2, 0.25) is 0 Å². The summed E-state index contributed by atoms with van der Waals surface area (Å²) in [5.74, 6) is 1.47. The Bertz CT molecular complexity index is 1460. The lowest BCUT2D eigenvalue weighted by atomic mass is 10.2. The number of halogens is 3. The summed E-state index contributed by atoms with van der Waals surface area (Å²) in [6, 6.07) is 15.6. The molecular weight excluding hydrogens is 527 g/mol. The number of morpholine rings is 1. The fourth-order valence-corrected chi connectivity index (χ4v) is 4.02. The molecule has 40 heavy (non-hydrogen) atoms. The van der Waals surface area contributed by atoms with Crippen molar-refractivity contribution in [1.82, 2.24) is 14.9 Å². The maximum Gasteiger partial charge on any atom is 0.416 e.